The minimum atomic E-state index is -0.248. The lowest BCUT2D eigenvalue weighted by molar-refractivity contribution is -0.114. The van der Waals surface area contributed by atoms with Crippen molar-refractivity contribution in [1.29, 1.82) is 10.5 Å². The number of aromatic amines is 1. The molecule has 0 bridgehead atoms. The summed E-state index contributed by atoms with van der Waals surface area (Å²) in [6.45, 7) is 1.37. The summed E-state index contributed by atoms with van der Waals surface area (Å²) >= 11 is 5.07. The lowest BCUT2D eigenvalue weighted by atomic mass is 9.98. The average molecular weight is 310 g/mol. The number of carbonyl (C=O) groups is 1. The SMILES string of the molecule is CC(=O)Nc1ccc(-c2c(C#N)c(N)[nH]c(=S)c2C#N)cn1. The van der Waals surface area contributed by atoms with Gasteiger partial charge in [-0.05, 0) is 12.1 Å². The first-order chi connectivity index (χ1) is 10.5. The number of pyridine rings is 2. The van der Waals surface area contributed by atoms with Crippen molar-refractivity contribution < 1.29 is 4.79 Å². The number of rotatable bonds is 2. The zero-order chi connectivity index (χ0) is 16.3. The molecule has 0 aliphatic rings. The van der Waals surface area contributed by atoms with Crippen LogP contribution in [0.5, 0.6) is 0 Å². The van der Waals surface area contributed by atoms with E-state index in [4.69, 9.17) is 18.0 Å². The van der Waals surface area contributed by atoms with E-state index >= 15 is 0 Å². The van der Waals surface area contributed by atoms with Gasteiger partial charge in [0, 0.05) is 24.2 Å². The zero-order valence-corrected chi connectivity index (χ0v) is 12.3. The quantitative estimate of drug-likeness (QED) is 0.728. The molecule has 2 rings (SSSR count). The van der Waals surface area contributed by atoms with Crippen LogP contribution in [0.1, 0.15) is 18.1 Å². The highest BCUT2D eigenvalue weighted by molar-refractivity contribution is 7.71. The highest BCUT2D eigenvalue weighted by atomic mass is 32.1. The lowest BCUT2D eigenvalue weighted by Gasteiger charge is -2.10. The van der Waals surface area contributed by atoms with Crippen LogP contribution in [0.3, 0.4) is 0 Å². The van der Waals surface area contributed by atoms with Gasteiger partial charge >= 0.3 is 0 Å². The molecule has 1 amide bonds. The molecule has 0 saturated heterocycles. The second kappa shape index (κ2) is 6.04. The fraction of sp³-hybridized carbons (Fsp3) is 0.0714. The first-order valence-electron chi connectivity index (χ1n) is 6.08. The lowest BCUT2D eigenvalue weighted by Crippen LogP contribution is -2.07. The highest BCUT2D eigenvalue weighted by Crippen LogP contribution is 2.30. The Kier molecular flexibility index (Phi) is 4.16. The molecule has 0 fully saturated rings. The minimum Gasteiger partial charge on any atom is -0.384 e. The van der Waals surface area contributed by atoms with Crippen molar-refractivity contribution in [3.63, 3.8) is 0 Å². The number of hydrogen-bond donors (Lipinski definition) is 3. The van der Waals surface area contributed by atoms with Gasteiger partial charge in [0.1, 0.15) is 34.0 Å². The minimum absolute atomic E-state index is 0.0902. The largest absolute Gasteiger partial charge is 0.384 e. The van der Waals surface area contributed by atoms with Crippen molar-refractivity contribution in [3.05, 3.63) is 34.1 Å². The molecule has 2 heterocycles. The summed E-state index contributed by atoms with van der Waals surface area (Å²) in [5, 5.41) is 21.1. The van der Waals surface area contributed by atoms with Gasteiger partial charge in [0.15, 0.2) is 0 Å². The van der Waals surface area contributed by atoms with Crippen LogP contribution in [0.2, 0.25) is 0 Å². The summed E-state index contributed by atoms with van der Waals surface area (Å²) in [4.78, 5) is 17.7. The number of amides is 1. The summed E-state index contributed by atoms with van der Waals surface area (Å²) in [7, 11) is 0. The molecule has 0 saturated carbocycles. The Morgan fingerprint density at radius 2 is 2.05 bits per heavy atom. The maximum Gasteiger partial charge on any atom is 0.222 e. The smallest absolute Gasteiger partial charge is 0.222 e. The fourth-order valence-electron chi connectivity index (χ4n) is 1.93. The standard InChI is InChI=1S/C14H10N6OS/c1-7(21)19-11-3-2-8(6-18-11)12-9(4-15)13(17)20-14(22)10(12)5-16/h2-3,6H,1H3,(H3,17,20,22)(H,18,19,21). The second-order valence-corrected chi connectivity index (χ2v) is 4.74. The summed E-state index contributed by atoms with van der Waals surface area (Å²) in [5.41, 5.74) is 6.87. The Morgan fingerprint density at radius 3 is 2.55 bits per heavy atom. The van der Waals surface area contributed by atoms with Gasteiger partial charge in [-0.25, -0.2) is 4.98 Å². The summed E-state index contributed by atoms with van der Waals surface area (Å²) < 4.78 is 0.153. The molecule has 0 atom stereocenters. The van der Waals surface area contributed by atoms with Crippen LogP contribution in [0, 0.1) is 27.3 Å². The monoisotopic (exact) mass is 310 g/mol. The third-order valence-corrected chi connectivity index (χ3v) is 3.13. The Bertz CT molecular complexity index is 886. The molecule has 0 spiro atoms. The van der Waals surface area contributed by atoms with E-state index < -0.39 is 0 Å². The number of hydrogen-bond acceptors (Lipinski definition) is 6. The molecule has 4 N–H and O–H groups in total. The molecule has 0 aliphatic heterocycles. The molecule has 0 aromatic carbocycles. The van der Waals surface area contributed by atoms with Crippen molar-refractivity contribution >= 4 is 29.8 Å². The third-order valence-electron chi connectivity index (χ3n) is 2.82. The van der Waals surface area contributed by atoms with Crippen molar-refractivity contribution in [3.8, 4) is 23.3 Å². The number of H-pyrrole nitrogens is 1. The van der Waals surface area contributed by atoms with Gasteiger partial charge in [0.2, 0.25) is 5.91 Å². The van der Waals surface area contributed by atoms with Gasteiger partial charge in [0.05, 0.1) is 5.56 Å². The van der Waals surface area contributed by atoms with Gasteiger partial charge in [-0.15, -0.1) is 0 Å². The van der Waals surface area contributed by atoms with E-state index in [0.29, 0.717) is 16.9 Å². The molecule has 7 nitrogen and oxygen atoms in total. The Labute approximate surface area is 131 Å². The number of aromatic nitrogens is 2. The van der Waals surface area contributed by atoms with Gasteiger partial charge in [0.25, 0.3) is 0 Å². The Hall–Kier alpha value is -3.23. The van der Waals surface area contributed by atoms with Crippen molar-refractivity contribution in [2.24, 2.45) is 0 Å². The third kappa shape index (κ3) is 2.77. The maximum absolute atomic E-state index is 11.0. The number of nitrogens with one attached hydrogen (secondary N) is 2. The molecule has 0 aliphatic carbocycles. The summed E-state index contributed by atoms with van der Waals surface area (Å²) in [5.74, 6) is 0.205. The molecular weight excluding hydrogens is 300 g/mol. The van der Waals surface area contributed by atoms with Crippen LogP contribution >= 0.6 is 12.2 Å². The Balaban J connectivity index is 2.67. The molecule has 2 aromatic rings. The summed E-state index contributed by atoms with van der Waals surface area (Å²) in [6.07, 6.45) is 1.44. The van der Waals surface area contributed by atoms with Crippen LogP contribution in [-0.2, 0) is 4.79 Å². The number of nitrogen functional groups attached to an aromatic ring is 1. The number of nitrogens with two attached hydrogens (primary N) is 1. The van der Waals surface area contributed by atoms with Crippen molar-refractivity contribution in [2.45, 2.75) is 6.92 Å². The molecule has 108 valence electrons. The van der Waals surface area contributed by atoms with Gasteiger partial charge < -0.3 is 16.0 Å². The maximum atomic E-state index is 11.0. The number of nitriles is 2. The fourth-order valence-corrected chi connectivity index (χ4v) is 2.19. The number of anilines is 2. The van der Waals surface area contributed by atoms with Crippen LogP contribution in [-0.4, -0.2) is 15.9 Å². The van der Waals surface area contributed by atoms with Crippen LogP contribution in [0.25, 0.3) is 11.1 Å². The molecule has 0 unspecified atom stereocenters. The van der Waals surface area contributed by atoms with E-state index in [1.165, 1.54) is 13.1 Å². The van der Waals surface area contributed by atoms with E-state index in [2.05, 4.69) is 15.3 Å². The van der Waals surface area contributed by atoms with E-state index in [0.717, 1.165) is 0 Å². The van der Waals surface area contributed by atoms with E-state index in [9.17, 15) is 15.3 Å². The van der Waals surface area contributed by atoms with Gasteiger partial charge in [-0.2, -0.15) is 10.5 Å². The predicted molar refractivity (Wildman–Crippen MR) is 83.0 cm³/mol. The first-order valence-corrected chi connectivity index (χ1v) is 6.48. The van der Waals surface area contributed by atoms with Crippen LogP contribution in [0.15, 0.2) is 18.3 Å². The summed E-state index contributed by atoms with van der Waals surface area (Å²) in [6, 6.07) is 7.12. The Morgan fingerprint density at radius 1 is 1.36 bits per heavy atom. The van der Waals surface area contributed by atoms with E-state index in [1.807, 2.05) is 12.1 Å². The number of nitrogens with zero attached hydrogens (tertiary/aromatic N) is 3. The molecular formula is C14H10N6OS. The highest BCUT2D eigenvalue weighted by Gasteiger charge is 2.16. The number of carbonyl (C=O) groups excluding carboxylic acids is 1. The van der Waals surface area contributed by atoms with Crippen LogP contribution < -0.4 is 11.1 Å². The zero-order valence-electron chi connectivity index (χ0n) is 11.5. The van der Waals surface area contributed by atoms with Gasteiger partial charge in [-0.1, -0.05) is 12.2 Å². The van der Waals surface area contributed by atoms with Gasteiger partial charge in [-0.3, -0.25) is 4.79 Å². The molecule has 2 aromatic heterocycles. The average Bonchev–Trinajstić information content (AvgIpc) is 2.47. The molecule has 22 heavy (non-hydrogen) atoms. The first kappa shape index (κ1) is 15.2. The molecule has 0 radical (unpaired) electrons. The second-order valence-electron chi connectivity index (χ2n) is 4.33. The van der Waals surface area contributed by atoms with E-state index in [-0.39, 0.29) is 27.5 Å². The van der Waals surface area contributed by atoms with Crippen molar-refractivity contribution in [2.75, 3.05) is 11.1 Å². The predicted octanol–water partition coefficient (Wildman–Crippen LogP) is 2.09. The van der Waals surface area contributed by atoms with Crippen LogP contribution in [0.4, 0.5) is 11.6 Å². The molecule has 8 heteroatoms. The van der Waals surface area contributed by atoms with Crippen molar-refractivity contribution in [1.82, 2.24) is 9.97 Å². The normalized spacial score (nSPS) is 9.59. The topological polar surface area (TPSA) is 131 Å². The van der Waals surface area contributed by atoms with E-state index in [1.54, 1.807) is 12.1 Å².